The molecule has 1 aromatic rings. The number of aryl methyl sites for hydroxylation is 1. The molecule has 1 aliphatic rings. The zero-order valence-corrected chi connectivity index (χ0v) is 14.2. The largest absolute Gasteiger partial charge is 0.383 e. The van der Waals surface area contributed by atoms with Crippen molar-refractivity contribution in [3.05, 3.63) is 21.9 Å². The van der Waals surface area contributed by atoms with Crippen LogP contribution in [0, 0.1) is 12.8 Å². The van der Waals surface area contributed by atoms with Crippen molar-refractivity contribution in [1.82, 2.24) is 10.2 Å². The fraction of sp³-hybridized carbons (Fsp3) is 0.625. The lowest BCUT2D eigenvalue weighted by Crippen LogP contribution is -2.49. The van der Waals surface area contributed by atoms with Gasteiger partial charge in [-0.3, -0.25) is 9.59 Å². The number of amides is 2. The number of piperidine rings is 1. The first-order chi connectivity index (χ1) is 10.5. The molecular formula is C16H24N2O3S. The van der Waals surface area contributed by atoms with Crippen LogP contribution in [0.25, 0.3) is 0 Å². The van der Waals surface area contributed by atoms with Gasteiger partial charge in [0.25, 0.3) is 5.91 Å². The average molecular weight is 324 g/mol. The van der Waals surface area contributed by atoms with Gasteiger partial charge < -0.3 is 15.0 Å². The molecule has 1 fully saturated rings. The second-order valence-electron chi connectivity index (χ2n) is 5.83. The molecule has 5 nitrogen and oxygen atoms in total. The Bertz CT molecular complexity index is 529. The van der Waals surface area contributed by atoms with Crippen molar-refractivity contribution in [2.45, 2.75) is 32.7 Å². The molecule has 2 heterocycles. The number of ether oxygens (including phenoxy) is 1. The third kappa shape index (κ3) is 3.87. The van der Waals surface area contributed by atoms with Gasteiger partial charge in [0, 0.05) is 31.6 Å². The Kier molecular flexibility index (Phi) is 5.97. The van der Waals surface area contributed by atoms with Gasteiger partial charge in [0.15, 0.2) is 0 Å². The van der Waals surface area contributed by atoms with Crippen LogP contribution < -0.4 is 5.32 Å². The molecule has 1 aromatic heterocycles. The summed E-state index contributed by atoms with van der Waals surface area (Å²) in [6, 6.07) is 0.176. The van der Waals surface area contributed by atoms with Crippen LogP contribution in [-0.2, 0) is 9.53 Å². The molecular weight excluding hydrogens is 300 g/mol. The van der Waals surface area contributed by atoms with Gasteiger partial charge >= 0.3 is 0 Å². The molecule has 0 bridgehead atoms. The normalized spacial score (nSPS) is 21.7. The summed E-state index contributed by atoms with van der Waals surface area (Å²) in [5, 5.41) is 6.75. The molecule has 1 aliphatic heterocycles. The van der Waals surface area contributed by atoms with Crippen molar-refractivity contribution in [2.75, 3.05) is 26.8 Å². The lowest BCUT2D eigenvalue weighted by molar-refractivity contribution is -0.126. The van der Waals surface area contributed by atoms with Crippen LogP contribution in [0.1, 0.15) is 35.7 Å². The number of thiophene rings is 1. The van der Waals surface area contributed by atoms with E-state index in [0.29, 0.717) is 19.7 Å². The number of carbonyl (C=O) groups is 2. The summed E-state index contributed by atoms with van der Waals surface area (Å²) in [5.74, 6) is -0.0691. The summed E-state index contributed by atoms with van der Waals surface area (Å²) in [6.45, 7) is 5.52. The van der Waals surface area contributed by atoms with Gasteiger partial charge in [-0.15, -0.1) is 0 Å². The van der Waals surface area contributed by atoms with Crippen molar-refractivity contribution >= 4 is 23.2 Å². The second kappa shape index (κ2) is 7.74. The lowest BCUT2D eigenvalue weighted by atomic mass is 9.92. The Balaban J connectivity index is 2.00. The van der Waals surface area contributed by atoms with Crippen molar-refractivity contribution in [3.8, 4) is 0 Å². The zero-order valence-electron chi connectivity index (χ0n) is 13.4. The van der Waals surface area contributed by atoms with Gasteiger partial charge in [-0.2, -0.15) is 11.3 Å². The fourth-order valence-corrected chi connectivity index (χ4v) is 3.58. The SMILES string of the molecule is COCCNC(=O)[C@H]1CC[C@@H](C)N(C(=O)c2cscc2C)C1. The van der Waals surface area contributed by atoms with Crippen LogP contribution in [0.3, 0.4) is 0 Å². The van der Waals surface area contributed by atoms with E-state index in [9.17, 15) is 9.59 Å². The van der Waals surface area contributed by atoms with Crippen LogP contribution in [0.2, 0.25) is 0 Å². The van der Waals surface area contributed by atoms with E-state index in [2.05, 4.69) is 12.2 Å². The summed E-state index contributed by atoms with van der Waals surface area (Å²) in [4.78, 5) is 26.7. The number of carbonyl (C=O) groups excluding carboxylic acids is 2. The van der Waals surface area contributed by atoms with Crippen molar-refractivity contribution < 1.29 is 14.3 Å². The minimum Gasteiger partial charge on any atom is -0.383 e. The lowest BCUT2D eigenvalue weighted by Gasteiger charge is -2.37. The maximum absolute atomic E-state index is 12.7. The first-order valence-electron chi connectivity index (χ1n) is 7.65. The minimum absolute atomic E-state index is 0.0174. The second-order valence-corrected chi connectivity index (χ2v) is 6.58. The topological polar surface area (TPSA) is 58.6 Å². The van der Waals surface area contributed by atoms with E-state index in [0.717, 1.165) is 24.0 Å². The molecule has 0 aliphatic carbocycles. The molecule has 1 saturated heterocycles. The summed E-state index contributed by atoms with van der Waals surface area (Å²) in [5.41, 5.74) is 1.77. The van der Waals surface area contributed by atoms with Crippen LogP contribution in [-0.4, -0.2) is 49.6 Å². The highest BCUT2D eigenvalue weighted by atomic mass is 32.1. The fourth-order valence-electron chi connectivity index (χ4n) is 2.76. The maximum Gasteiger partial charge on any atom is 0.255 e. The van der Waals surface area contributed by atoms with Gasteiger partial charge in [-0.25, -0.2) is 0 Å². The summed E-state index contributed by atoms with van der Waals surface area (Å²) in [6.07, 6.45) is 1.68. The summed E-state index contributed by atoms with van der Waals surface area (Å²) >= 11 is 1.54. The highest BCUT2D eigenvalue weighted by Gasteiger charge is 2.33. The quantitative estimate of drug-likeness (QED) is 0.844. The molecule has 2 rings (SSSR count). The minimum atomic E-state index is -0.129. The zero-order chi connectivity index (χ0) is 16.1. The van der Waals surface area contributed by atoms with E-state index in [-0.39, 0.29) is 23.8 Å². The molecule has 0 saturated carbocycles. The molecule has 0 unspecified atom stereocenters. The number of likely N-dealkylation sites (tertiary alicyclic amines) is 1. The van der Waals surface area contributed by atoms with Crippen LogP contribution in [0.4, 0.5) is 0 Å². The smallest absolute Gasteiger partial charge is 0.255 e. The van der Waals surface area contributed by atoms with Gasteiger partial charge in [-0.1, -0.05) is 0 Å². The van der Waals surface area contributed by atoms with Crippen molar-refractivity contribution in [2.24, 2.45) is 5.92 Å². The van der Waals surface area contributed by atoms with E-state index in [1.54, 1.807) is 7.11 Å². The molecule has 2 atom stereocenters. The molecule has 0 radical (unpaired) electrons. The number of hydrogen-bond donors (Lipinski definition) is 1. The molecule has 0 aromatic carbocycles. The molecule has 22 heavy (non-hydrogen) atoms. The first-order valence-corrected chi connectivity index (χ1v) is 8.59. The van der Waals surface area contributed by atoms with Gasteiger partial charge in [-0.05, 0) is 37.6 Å². The van der Waals surface area contributed by atoms with Crippen molar-refractivity contribution in [3.63, 3.8) is 0 Å². The third-order valence-corrected chi connectivity index (χ3v) is 5.07. The van der Waals surface area contributed by atoms with Gasteiger partial charge in [0.2, 0.25) is 5.91 Å². The highest BCUT2D eigenvalue weighted by Crippen LogP contribution is 2.25. The Morgan fingerprint density at radius 2 is 2.18 bits per heavy atom. The Morgan fingerprint density at radius 1 is 1.41 bits per heavy atom. The molecule has 6 heteroatoms. The summed E-state index contributed by atoms with van der Waals surface area (Å²) < 4.78 is 4.94. The van der Waals surface area contributed by atoms with Crippen LogP contribution in [0.15, 0.2) is 10.8 Å². The number of nitrogens with zero attached hydrogens (tertiary/aromatic N) is 1. The molecule has 122 valence electrons. The van der Waals surface area contributed by atoms with E-state index in [1.807, 2.05) is 22.6 Å². The Morgan fingerprint density at radius 3 is 2.82 bits per heavy atom. The highest BCUT2D eigenvalue weighted by molar-refractivity contribution is 7.08. The van der Waals surface area contributed by atoms with Gasteiger partial charge in [0.1, 0.15) is 0 Å². The van der Waals surface area contributed by atoms with E-state index < -0.39 is 0 Å². The van der Waals surface area contributed by atoms with E-state index in [4.69, 9.17) is 4.74 Å². The maximum atomic E-state index is 12.7. The third-order valence-electron chi connectivity index (χ3n) is 4.21. The average Bonchev–Trinajstić information content (AvgIpc) is 2.93. The molecule has 1 N–H and O–H groups in total. The number of rotatable bonds is 5. The van der Waals surface area contributed by atoms with Crippen molar-refractivity contribution in [1.29, 1.82) is 0 Å². The number of hydrogen-bond acceptors (Lipinski definition) is 4. The molecule has 0 spiro atoms. The molecule has 2 amide bonds. The predicted octanol–water partition coefficient (Wildman–Crippen LogP) is 2.06. The first kappa shape index (κ1) is 17.0. The predicted molar refractivity (Wildman–Crippen MR) is 87.2 cm³/mol. The Labute approximate surface area is 135 Å². The standard InChI is InChI=1S/C16H24N2O3S/c1-11-9-22-10-14(11)16(20)18-8-13(5-4-12(18)2)15(19)17-6-7-21-3/h9-10,12-13H,4-8H2,1-3H3,(H,17,19)/t12-,13+/m1/s1. The van der Waals surface area contributed by atoms with E-state index >= 15 is 0 Å². The Hall–Kier alpha value is -1.40. The van der Waals surface area contributed by atoms with E-state index in [1.165, 1.54) is 11.3 Å². The summed E-state index contributed by atoms with van der Waals surface area (Å²) in [7, 11) is 1.61. The monoisotopic (exact) mass is 324 g/mol. The van der Waals surface area contributed by atoms with Gasteiger partial charge in [0.05, 0.1) is 18.1 Å². The number of nitrogens with one attached hydrogen (secondary N) is 1. The van der Waals surface area contributed by atoms with Crippen LogP contribution >= 0.6 is 11.3 Å². The van der Waals surface area contributed by atoms with Crippen LogP contribution in [0.5, 0.6) is 0 Å². The number of methoxy groups -OCH3 is 1.